The molecule has 4 rings (SSSR count). The van der Waals surface area contributed by atoms with Crippen LogP contribution in [-0.2, 0) is 0 Å². The summed E-state index contributed by atoms with van der Waals surface area (Å²) in [4.78, 5) is 27.8. The van der Waals surface area contributed by atoms with E-state index in [1.54, 1.807) is 42.5 Å². The first kappa shape index (κ1) is 21.5. The van der Waals surface area contributed by atoms with Crippen molar-refractivity contribution in [2.75, 3.05) is 5.32 Å². The highest BCUT2D eigenvalue weighted by molar-refractivity contribution is 6.31. The van der Waals surface area contributed by atoms with Crippen LogP contribution in [0.3, 0.4) is 0 Å². The van der Waals surface area contributed by atoms with Gasteiger partial charge in [-0.25, -0.2) is 9.67 Å². The Morgan fingerprint density at radius 2 is 1.75 bits per heavy atom. The summed E-state index contributed by atoms with van der Waals surface area (Å²) >= 11 is 12.2. The smallest absolute Gasteiger partial charge is 0.295 e. The molecule has 0 atom stereocenters. The highest BCUT2D eigenvalue weighted by atomic mass is 35.5. The first-order chi connectivity index (χ1) is 15.3. The van der Waals surface area contributed by atoms with Crippen LogP contribution in [0.2, 0.25) is 10.0 Å². The van der Waals surface area contributed by atoms with Crippen LogP contribution < -0.4 is 5.32 Å². The van der Waals surface area contributed by atoms with Crippen molar-refractivity contribution < 1.29 is 9.72 Å². The lowest BCUT2D eigenvalue weighted by atomic mass is 10.2. The maximum Gasteiger partial charge on any atom is 0.295 e. The fourth-order valence-corrected chi connectivity index (χ4v) is 3.35. The number of aryl methyl sites for hydroxylation is 1. The van der Waals surface area contributed by atoms with Gasteiger partial charge in [-0.1, -0.05) is 35.3 Å². The van der Waals surface area contributed by atoms with Crippen molar-refractivity contribution in [1.82, 2.24) is 14.8 Å². The Morgan fingerprint density at radius 1 is 1.03 bits per heavy atom. The first-order valence-electron chi connectivity index (χ1n) is 9.37. The van der Waals surface area contributed by atoms with Gasteiger partial charge in [-0.2, -0.15) is 0 Å². The summed E-state index contributed by atoms with van der Waals surface area (Å²) in [6.07, 6.45) is 0. The van der Waals surface area contributed by atoms with Crippen LogP contribution in [0.5, 0.6) is 0 Å². The number of nitro benzene ring substituents is 1. The average Bonchev–Trinajstić information content (AvgIpc) is 3.21. The van der Waals surface area contributed by atoms with Crippen LogP contribution in [0.4, 0.5) is 11.4 Å². The molecule has 1 N–H and O–H groups in total. The molecule has 0 aliphatic heterocycles. The zero-order valence-electron chi connectivity index (χ0n) is 16.6. The molecule has 0 aliphatic carbocycles. The molecule has 0 bridgehead atoms. The van der Waals surface area contributed by atoms with Gasteiger partial charge < -0.3 is 5.32 Å². The van der Waals surface area contributed by atoms with Crippen LogP contribution in [0.1, 0.15) is 16.2 Å². The van der Waals surface area contributed by atoms with Crippen LogP contribution in [0.25, 0.3) is 17.1 Å². The van der Waals surface area contributed by atoms with Crippen molar-refractivity contribution in [3.8, 4) is 17.1 Å². The third-order valence-corrected chi connectivity index (χ3v) is 5.11. The molecule has 0 fully saturated rings. The number of nitro groups is 1. The van der Waals surface area contributed by atoms with Gasteiger partial charge in [0.05, 0.1) is 10.6 Å². The minimum atomic E-state index is -0.612. The molecule has 160 valence electrons. The minimum Gasteiger partial charge on any atom is -0.319 e. The van der Waals surface area contributed by atoms with E-state index < -0.39 is 10.8 Å². The van der Waals surface area contributed by atoms with Gasteiger partial charge in [0, 0.05) is 33.4 Å². The Morgan fingerprint density at radius 3 is 2.47 bits per heavy atom. The Kier molecular flexibility index (Phi) is 5.89. The summed E-state index contributed by atoms with van der Waals surface area (Å²) in [5.41, 5.74) is 2.34. The van der Waals surface area contributed by atoms with Crippen LogP contribution in [0.15, 0.2) is 66.7 Å². The molecule has 1 heterocycles. The van der Waals surface area contributed by atoms with E-state index in [1.165, 1.54) is 22.9 Å². The second-order valence-corrected chi connectivity index (χ2v) is 7.74. The topological polar surface area (TPSA) is 103 Å². The van der Waals surface area contributed by atoms with Gasteiger partial charge in [0.15, 0.2) is 5.82 Å². The summed E-state index contributed by atoms with van der Waals surface area (Å²) < 4.78 is 1.53. The molecule has 0 radical (unpaired) electrons. The van der Waals surface area contributed by atoms with Gasteiger partial charge in [-0.15, -0.1) is 5.10 Å². The molecule has 8 nitrogen and oxygen atoms in total. The third-order valence-electron chi connectivity index (χ3n) is 4.63. The lowest BCUT2D eigenvalue weighted by Crippen LogP contribution is -2.14. The molecule has 32 heavy (non-hydrogen) atoms. The van der Waals surface area contributed by atoms with E-state index in [4.69, 9.17) is 23.2 Å². The van der Waals surface area contributed by atoms with Crippen LogP contribution in [0, 0.1) is 17.0 Å². The van der Waals surface area contributed by atoms with E-state index in [1.807, 2.05) is 13.0 Å². The number of amides is 1. The normalized spacial score (nSPS) is 10.7. The lowest BCUT2D eigenvalue weighted by Gasteiger charge is -2.09. The Bertz CT molecular complexity index is 1340. The van der Waals surface area contributed by atoms with Crippen molar-refractivity contribution in [3.63, 3.8) is 0 Å². The van der Waals surface area contributed by atoms with Crippen molar-refractivity contribution in [2.45, 2.75) is 6.92 Å². The van der Waals surface area contributed by atoms with Gasteiger partial charge in [-0.3, -0.25) is 14.9 Å². The average molecular weight is 468 g/mol. The number of aromatic nitrogens is 3. The van der Waals surface area contributed by atoms with Crippen LogP contribution >= 0.6 is 23.2 Å². The predicted octanol–water partition coefficient (Wildman–Crippen LogP) is 5.71. The SMILES string of the molecule is Cc1ccc(Cl)cc1-n1nc(C(=O)Nc2cccc([N+](=O)[O-])c2)nc1-c1ccc(Cl)cc1. The zero-order chi connectivity index (χ0) is 22.8. The van der Waals surface area contributed by atoms with Gasteiger partial charge in [0.1, 0.15) is 0 Å². The standard InChI is InChI=1S/C22H15Cl2N5O3/c1-13-5-8-16(24)11-19(13)28-21(14-6-9-15(23)10-7-14)26-20(27-28)22(30)25-17-3-2-4-18(12-17)29(31)32/h2-12H,1H3,(H,25,30). The molecule has 1 aromatic heterocycles. The quantitative estimate of drug-likeness (QED) is 0.299. The lowest BCUT2D eigenvalue weighted by molar-refractivity contribution is -0.384. The Labute approximate surface area is 192 Å². The Balaban J connectivity index is 1.77. The molecular formula is C22H15Cl2N5O3. The van der Waals surface area contributed by atoms with Crippen LogP contribution in [-0.4, -0.2) is 25.6 Å². The van der Waals surface area contributed by atoms with E-state index in [0.29, 0.717) is 27.1 Å². The second kappa shape index (κ2) is 8.78. The van der Waals surface area contributed by atoms with Gasteiger partial charge in [0.2, 0.25) is 5.82 Å². The molecule has 3 aromatic carbocycles. The first-order valence-corrected chi connectivity index (χ1v) is 10.1. The van der Waals surface area contributed by atoms with E-state index in [2.05, 4.69) is 15.4 Å². The summed E-state index contributed by atoms with van der Waals surface area (Å²) in [6.45, 7) is 1.89. The number of hydrogen-bond acceptors (Lipinski definition) is 5. The largest absolute Gasteiger partial charge is 0.319 e. The number of hydrogen-bond donors (Lipinski definition) is 1. The number of rotatable bonds is 5. The summed E-state index contributed by atoms with van der Waals surface area (Å²) in [7, 11) is 0. The third kappa shape index (κ3) is 4.46. The maximum atomic E-state index is 12.9. The number of nitrogens with one attached hydrogen (secondary N) is 1. The summed E-state index contributed by atoms with van der Waals surface area (Å²) in [6, 6.07) is 17.9. The molecule has 10 heteroatoms. The van der Waals surface area contributed by atoms with Crippen molar-refractivity contribution in [2.24, 2.45) is 0 Å². The molecule has 1 amide bonds. The number of non-ortho nitro benzene ring substituents is 1. The van der Waals surface area contributed by atoms with Crippen molar-refractivity contribution >= 4 is 40.5 Å². The molecule has 0 saturated carbocycles. The van der Waals surface area contributed by atoms with E-state index in [9.17, 15) is 14.9 Å². The number of benzene rings is 3. The highest BCUT2D eigenvalue weighted by Gasteiger charge is 2.20. The fourth-order valence-electron chi connectivity index (χ4n) is 3.06. The number of nitrogens with zero attached hydrogens (tertiary/aromatic N) is 4. The van der Waals surface area contributed by atoms with E-state index in [0.717, 1.165) is 5.56 Å². The maximum absolute atomic E-state index is 12.9. The van der Waals surface area contributed by atoms with Crippen molar-refractivity contribution in [3.05, 3.63) is 98.3 Å². The predicted molar refractivity (Wildman–Crippen MR) is 123 cm³/mol. The number of anilines is 1. The molecular weight excluding hydrogens is 453 g/mol. The zero-order valence-corrected chi connectivity index (χ0v) is 18.1. The summed E-state index contributed by atoms with van der Waals surface area (Å²) in [5.74, 6) is -0.309. The monoisotopic (exact) mass is 467 g/mol. The number of carbonyl (C=O) groups excluding carboxylic acids is 1. The minimum absolute atomic E-state index is 0.110. The molecule has 0 aliphatic rings. The fraction of sp³-hybridized carbons (Fsp3) is 0.0455. The van der Waals surface area contributed by atoms with Gasteiger partial charge in [-0.05, 0) is 55.0 Å². The Hall–Kier alpha value is -3.75. The second-order valence-electron chi connectivity index (χ2n) is 6.87. The van der Waals surface area contributed by atoms with Gasteiger partial charge in [0.25, 0.3) is 11.6 Å². The number of carbonyl (C=O) groups is 1. The molecule has 0 unspecified atom stereocenters. The van der Waals surface area contributed by atoms with Crippen molar-refractivity contribution in [1.29, 1.82) is 0 Å². The van der Waals surface area contributed by atoms with Gasteiger partial charge >= 0.3 is 0 Å². The molecule has 4 aromatic rings. The van der Waals surface area contributed by atoms with E-state index >= 15 is 0 Å². The summed E-state index contributed by atoms with van der Waals surface area (Å²) in [5, 5.41) is 19.1. The molecule has 0 saturated heterocycles. The van der Waals surface area contributed by atoms with E-state index in [-0.39, 0.29) is 17.2 Å². The highest BCUT2D eigenvalue weighted by Crippen LogP contribution is 2.27. The number of halogens is 2. The molecule has 0 spiro atoms.